The maximum absolute atomic E-state index is 5.05. The summed E-state index contributed by atoms with van der Waals surface area (Å²) in [6.07, 6.45) is 1.72. The van der Waals surface area contributed by atoms with Crippen LogP contribution >= 0.6 is 0 Å². The number of nitrogens with zero attached hydrogens (tertiary/aromatic N) is 1. The van der Waals surface area contributed by atoms with Crippen molar-refractivity contribution in [1.82, 2.24) is 10.2 Å². The predicted octanol–water partition coefficient (Wildman–Crippen LogP) is 0.276. The number of aromatic nitrogens is 2. The fraction of sp³-hybridized carbons (Fsp3) is 0.400. The Bertz CT molecular complexity index is 188. The van der Waals surface area contributed by atoms with Crippen molar-refractivity contribution in [1.29, 1.82) is 0 Å². The van der Waals surface area contributed by atoms with Crippen molar-refractivity contribution in [3.63, 3.8) is 0 Å². The molecule has 0 atom stereocenters. The Morgan fingerprint density at radius 1 is 1.67 bits per heavy atom. The molecule has 0 saturated heterocycles. The maximum atomic E-state index is 5.05. The maximum Gasteiger partial charge on any atom is 0.189 e. The Labute approximate surface area is 51.8 Å². The highest BCUT2D eigenvalue weighted by molar-refractivity contribution is 5.23. The zero-order valence-electron chi connectivity index (χ0n) is 4.76. The SMILES string of the molecule is c1[nH]nc2c1OCOC2. The minimum absolute atomic E-state index is 0.340. The lowest BCUT2D eigenvalue weighted by molar-refractivity contribution is -0.0176. The monoisotopic (exact) mass is 126 g/mol. The normalized spacial score (nSPS) is 16.4. The molecular formula is C5H6N2O2. The van der Waals surface area contributed by atoms with Gasteiger partial charge in [-0.2, -0.15) is 5.10 Å². The number of rotatable bonds is 0. The van der Waals surface area contributed by atoms with Gasteiger partial charge in [0.2, 0.25) is 0 Å². The molecule has 0 unspecified atom stereocenters. The molecule has 1 aliphatic heterocycles. The highest BCUT2D eigenvalue weighted by Crippen LogP contribution is 2.18. The predicted molar refractivity (Wildman–Crippen MR) is 28.9 cm³/mol. The Kier molecular flexibility index (Phi) is 0.927. The number of aromatic amines is 1. The van der Waals surface area contributed by atoms with E-state index in [-0.39, 0.29) is 0 Å². The number of hydrogen-bond donors (Lipinski definition) is 1. The third kappa shape index (κ3) is 0.675. The van der Waals surface area contributed by atoms with Crippen molar-refractivity contribution >= 4 is 0 Å². The van der Waals surface area contributed by atoms with Crippen LogP contribution in [0.15, 0.2) is 6.20 Å². The van der Waals surface area contributed by atoms with E-state index in [1.807, 2.05) is 0 Å². The van der Waals surface area contributed by atoms with Gasteiger partial charge in [0.05, 0.1) is 12.8 Å². The van der Waals surface area contributed by atoms with Crippen molar-refractivity contribution in [2.75, 3.05) is 6.79 Å². The van der Waals surface area contributed by atoms with Gasteiger partial charge in [-0.05, 0) is 0 Å². The molecule has 9 heavy (non-hydrogen) atoms. The zero-order valence-corrected chi connectivity index (χ0v) is 4.76. The summed E-state index contributed by atoms with van der Waals surface area (Å²) in [6.45, 7) is 0.894. The zero-order chi connectivity index (χ0) is 6.10. The second-order valence-corrected chi connectivity index (χ2v) is 1.81. The first-order valence-corrected chi connectivity index (χ1v) is 2.70. The summed E-state index contributed by atoms with van der Waals surface area (Å²) in [5.74, 6) is 0.807. The fourth-order valence-electron chi connectivity index (χ4n) is 0.779. The van der Waals surface area contributed by atoms with Gasteiger partial charge in [0, 0.05) is 0 Å². The molecule has 0 fully saturated rings. The van der Waals surface area contributed by atoms with Gasteiger partial charge in [-0.25, -0.2) is 0 Å². The third-order valence-corrected chi connectivity index (χ3v) is 1.22. The summed E-state index contributed by atoms with van der Waals surface area (Å²) in [5.41, 5.74) is 0.848. The lowest BCUT2D eigenvalue weighted by atomic mass is 10.4. The molecule has 4 nitrogen and oxygen atoms in total. The van der Waals surface area contributed by atoms with E-state index in [9.17, 15) is 0 Å². The van der Waals surface area contributed by atoms with E-state index >= 15 is 0 Å². The van der Waals surface area contributed by atoms with Gasteiger partial charge in [-0.1, -0.05) is 0 Å². The van der Waals surface area contributed by atoms with Gasteiger partial charge < -0.3 is 9.47 Å². The van der Waals surface area contributed by atoms with Crippen molar-refractivity contribution < 1.29 is 9.47 Å². The summed E-state index contributed by atoms with van der Waals surface area (Å²) >= 11 is 0. The lowest BCUT2D eigenvalue weighted by Gasteiger charge is -2.10. The van der Waals surface area contributed by atoms with E-state index in [1.165, 1.54) is 0 Å². The molecule has 2 rings (SSSR count). The van der Waals surface area contributed by atoms with Crippen LogP contribution in [0.25, 0.3) is 0 Å². The molecule has 4 heteroatoms. The molecule has 2 heterocycles. The van der Waals surface area contributed by atoms with E-state index < -0.39 is 0 Å². The molecule has 0 saturated carbocycles. The summed E-state index contributed by atoms with van der Waals surface area (Å²) < 4.78 is 10.00. The van der Waals surface area contributed by atoms with E-state index in [0.29, 0.717) is 13.4 Å². The molecule has 1 aromatic rings. The average Bonchev–Trinajstić information content (AvgIpc) is 2.33. The van der Waals surface area contributed by atoms with E-state index in [1.54, 1.807) is 6.20 Å². The fourth-order valence-corrected chi connectivity index (χ4v) is 0.779. The van der Waals surface area contributed by atoms with E-state index in [2.05, 4.69) is 10.2 Å². The van der Waals surface area contributed by atoms with Crippen LogP contribution in [0.5, 0.6) is 5.75 Å². The van der Waals surface area contributed by atoms with Gasteiger partial charge in [-0.15, -0.1) is 0 Å². The number of fused-ring (bicyclic) bond motifs is 1. The van der Waals surface area contributed by atoms with Crippen LogP contribution in [0.1, 0.15) is 5.69 Å². The van der Waals surface area contributed by atoms with Crippen molar-refractivity contribution in [2.45, 2.75) is 6.61 Å². The summed E-state index contributed by atoms with van der Waals surface area (Å²) in [5, 5.41) is 6.57. The van der Waals surface area contributed by atoms with Crippen molar-refractivity contribution in [3.8, 4) is 5.75 Å². The largest absolute Gasteiger partial charge is 0.464 e. The summed E-state index contributed by atoms with van der Waals surface area (Å²) in [7, 11) is 0. The Balaban J connectivity index is 2.39. The first-order valence-electron chi connectivity index (χ1n) is 2.70. The van der Waals surface area contributed by atoms with Crippen LogP contribution in [-0.4, -0.2) is 17.0 Å². The highest BCUT2D eigenvalue weighted by Gasteiger charge is 2.11. The molecule has 0 bridgehead atoms. The molecule has 48 valence electrons. The van der Waals surface area contributed by atoms with Crippen LogP contribution in [0.4, 0.5) is 0 Å². The molecule has 0 radical (unpaired) electrons. The molecule has 0 aromatic carbocycles. The van der Waals surface area contributed by atoms with Gasteiger partial charge >= 0.3 is 0 Å². The van der Waals surface area contributed by atoms with Crippen LogP contribution in [0.3, 0.4) is 0 Å². The van der Waals surface area contributed by atoms with Gasteiger partial charge in [-0.3, -0.25) is 5.10 Å². The number of nitrogens with one attached hydrogen (secondary N) is 1. The number of hydrogen-bond acceptors (Lipinski definition) is 3. The average molecular weight is 126 g/mol. The standard InChI is InChI=1S/C5H6N2O2/c1-5-4(7-6-1)2-8-3-9-5/h1H,2-3H2,(H,6,7). The van der Waals surface area contributed by atoms with Crippen LogP contribution in [-0.2, 0) is 11.3 Å². The molecule has 0 spiro atoms. The highest BCUT2D eigenvalue weighted by atomic mass is 16.7. The van der Waals surface area contributed by atoms with E-state index in [0.717, 1.165) is 11.4 Å². The Morgan fingerprint density at radius 2 is 2.67 bits per heavy atom. The molecule has 0 aliphatic carbocycles. The number of ether oxygens (including phenoxy) is 2. The molecule has 1 aliphatic rings. The lowest BCUT2D eigenvalue weighted by Crippen LogP contribution is -2.09. The smallest absolute Gasteiger partial charge is 0.189 e. The first-order chi connectivity index (χ1) is 4.47. The second-order valence-electron chi connectivity index (χ2n) is 1.81. The van der Waals surface area contributed by atoms with E-state index in [4.69, 9.17) is 9.47 Å². The topological polar surface area (TPSA) is 47.1 Å². The second kappa shape index (κ2) is 1.73. The first kappa shape index (κ1) is 4.81. The van der Waals surface area contributed by atoms with Crippen molar-refractivity contribution in [2.24, 2.45) is 0 Å². The van der Waals surface area contributed by atoms with Gasteiger partial charge in [0.15, 0.2) is 12.5 Å². The summed E-state index contributed by atoms with van der Waals surface area (Å²) in [4.78, 5) is 0. The van der Waals surface area contributed by atoms with Gasteiger partial charge in [0.1, 0.15) is 5.69 Å². The van der Waals surface area contributed by atoms with Crippen LogP contribution < -0.4 is 4.74 Å². The third-order valence-electron chi connectivity index (χ3n) is 1.22. The minimum Gasteiger partial charge on any atom is -0.464 e. The van der Waals surface area contributed by atoms with Crippen LogP contribution in [0, 0.1) is 0 Å². The Morgan fingerprint density at radius 3 is 3.56 bits per heavy atom. The number of H-pyrrole nitrogens is 1. The quantitative estimate of drug-likeness (QED) is 0.543. The minimum atomic E-state index is 0.340. The Hall–Kier alpha value is -1.03. The molecule has 0 amide bonds. The summed E-state index contributed by atoms with van der Waals surface area (Å²) in [6, 6.07) is 0. The van der Waals surface area contributed by atoms with Gasteiger partial charge in [0.25, 0.3) is 0 Å². The van der Waals surface area contributed by atoms with Crippen molar-refractivity contribution in [3.05, 3.63) is 11.9 Å². The molecular weight excluding hydrogens is 120 g/mol. The molecule has 1 N–H and O–H groups in total. The van der Waals surface area contributed by atoms with Crippen LogP contribution in [0.2, 0.25) is 0 Å². The molecule has 1 aromatic heterocycles.